The molecule has 1 aliphatic rings. The molecule has 0 saturated heterocycles. The molecule has 0 radical (unpaired) electrons. The average Bonchev–Trinajstić information content (AvgIpc) is 3.37. The third-order valence-electron chi connectivity index (χ3n) is 5.00. The van der Waals surface area contributed by atoms with Gasteiger partial charge in [0.25, 0.3) is 11.8 Å². The second-order valence-corrected chi connectivity index (χ2v) is 8.10. The van der Waals surface area contributed by atoms with Gasteiger partial charge in [-0.1, -0.05) is 23.7 Å². The number of hydrogen-bond donors (Lipinski definition) is 1. The molecular formula is C23H19ClN2O4S. The van der Waals surface area contributed by atoms with Crippen LogP contribution in [0.4, 0.5) is 11.4 Å². The molecule has 6 nitrogen and oxygen atoms in total. The van der Waals surface area contributed by atoms with Gasteiger partial charge < -0.3 is 14.8 Å². The fourth-order valence-electron chi connectivity index (χ4n) is 3.40. The number of rotatable bonds is 6. The van der Waals surface area contributed by atoms with E-state index >= 15 is 0 Å². The Kier molecular flexibility index (Phi) is 5.71. The fourth-order valence-corrected chi connectivity index (χ4v) is 4.34. The quantitative estimate of drug-likeness (QED) is 0.523. The van der Waals surface area contributed by atoms with Gasteiger partial charge in [-0.15, -0.1) is 11.3 Å². The average molecular weight is 455 g/mol. The van der Waals surface area contributed by atoms with E-state index in [1.54, 1.807) is 50.4 Å². The molecule has 0 aliphatic carbocycles. The first-order valence-electron chi connectivity index (χ1n) is 9.37. The molecule has 2 aromatic carbocycles. The molecule has 8 heteroatoms. The molecule has 2 amide bonds. The smallest absolute Gasteiger partial charge is 0.282 e. The van der Waals surface area contributed by atoms with E-state index in [2.05, 4.69) is 5.32 Å². The maximum atomic E-state index is 13.5. The number of thiophene rings is 1. The summed E-state index contributed by atoms with van der Waals surface area (Å²) in [4.78, 5) is 28.8. The number of amides is 2. The maximum absolute atomic E-state index is 13.5. The van der Waals surface area contributed by atoms with Crippen molar-refractivity contribution in [3.8, 4) is 11.5 Å². The van der Waals surface area contributed by atoms with Crippen LogP contribution in [0.1, 0.15) is 10.4 Å². The molecule has 4 rings (SSSR count). The molecular weight excluding hydrogens is 436 g/mol. The standard InChI is InChI=1S/C23H19ClN2O4S/c1-13-15(24)6-4-7-17(13)26-22(27)20(19-8-5-11-31-19)21(23(26)28)25-16-12-14(29-2)9-10-18(16)30-3/h4-12,25H,1-3H3. The predicted octanol–water partition coefficient (Wildman–Crippen LogP) is 5.12. The number of methoxy groups -OCH3 is 2. The number of nitrogens with zero attached hydrogens (tertiary/aromatic N) is 1. The summed E-state index contributed by atoms with van der Waals surface area (Å²) in [5.74, 6) is 0.211. The van der Waals surface area contributed by atoms with Gasteiger partial charge in [0.15, 0.2) is 0 Å². The minimum absolute atomic E-state index is 0.165. The highest BCUT2D eigenvalue weighted by atomic mass is 35.5. The summed E-state index contributed by atoms with van der Waals surface area (Å²) in [6.07, 6.45) is 0. The number of carbonyl (C=O) groups excluding carboxylic acids is 2. The zero-order chi connectivity index (χ0) is 22.1. The summed E-state index contributed by atoms with van der Waals surface area (Å²) in [5, 5.41) is 5.46. The highest BCUT2D eigenvalue weighted by molar-refractivity contribution is 7.11. The molecule has 1 N–H and O–H groups in total. The van der Waals surface area contributed by atoms with Gasteiger partial charge in [-0.3, -0.25) is 9.59 Å². The van der Waals surface area contributed by atoms with Crippen molar-refractivity contribution in [2.24, 2.45) is 0 Å². The van der Waals surface area contributed by atoms with Crippen LogP contribution < -0.4 is 19.7 Å². The second-order valence-electron chi connectivity index (χ2n) is 6.75. The van der Waals surface area contributed by atoms with Gasteiger partial charge >= 0.3 is 0 Å². The molecule has 0 unspecified atom stereocenters. The second kappa shape index (κ2) is 8.45. The highest BCUT2D eigenvalue weighted by Gasteiger charge is 2.41. The lowest BCUT2D eigenvalue weighted by molar-refractivity contribution is -0.120. The maximum Gasteiger partial charge on any atom is 0.282 e. The van der Waals surface area contributed by atoms with E-state index in [1.807, 2.05) is 17.5 Å². The molecule has 0 atom stereocenters. The van der Waals surface area contributed by atoms with E-state index in [1.165, 1.54) is 18.4 Å². The Labute approximate surface area is 188 Å². The number of halogens is 1. The van der Waals surface area contributed by atoms with Crippen LogP contribution in [-0.4, -0.2) is 26.0 Å². The van der Waals surface area contributed by atoms with Crippen LogP contribution in [0.15, 0.2) is 59.6 Å². The molecule has 1 aliphatic heterocycles. The number of hydrogen-bond acceptors (Lipinski definition) is 6. The lowest BCUT2D eigenvalue weighted by Gasteiger charge is -2.18. The van der Waals surface area contributed by atoms with Gasteiger partial charge in [-0.2, -0.15) is 0 Å². The van der Waals surface area contributed by atoms with Gasteiger partial charge in [-0.05, 0) is 48.2 Å². The minimum atomic E-state index is -0.469. The molecule has 0 bridgehead atoms. The van der Waals surface area contributed by atoms with Crippen LogP contribution >= 0.6 is 22.9 Å². The van der Waals surface area contributed by atoms with E-state index in [4.69, 9.17) is 21.1 Å². The van der Waals surface area contributed by atoms with E-state index in [-0.39, 0.29) is 5.70 Å². The Bertz CT molecular complexity index is 1200. The van der Waals surface area contributed by atoms with E-state index in [9.17, 15) is 9.59 Å². The summed E-state index contributed by atoms with van der Waals surface area (Å²) < 4.78 is 10.7. The van der Waals surface area contributed by atoms with E-state index in [0.717, 1.165) is 4.90 Å². The predicted molar refractivity (Wildman–Crippen MR) is 123 cm³/mol. The molecule has 1 aromatic heterocycles. The van der Waals surface area contributed by atoms with Crippen LogP contribution in [-0.2, 0) is 9.59 Å². The van der Waals surface area contributed by atoms with Crippen molar-refractivity contribution < 1.29 is 19.1 Å². The molecule has 158 valence electrons. The third kappa shape index (κ3) is 3.66. The molecule has 0 saturated carbocycles. The summed E-state index contributed by atoms with van der Waals surface area (Å²) in [5.41, 5.74) is 2.07. The van der Waals surface area contributed by atoms with Gasteiger partial charge in [0.2, 0.25) is 0 Å². The van der Waals surface area contributed by atoms with Crippen LogP contribution in [0, 0.1) is 6.92 Å². The Morgan fingerprint density at radius 1 is 1.00 bits per heavy atom. The lowest BCUT2D eigenvalue weighted by atomic mass is 10.1. The largest absolute Gasteiger partial charge is 0.497 e. The van der Waals surface area contributed by atoms with E-state index in [0.29, 0.717) is 43.9 Å². The van der Waals surface area contributed by atoms with Gasteiger partial charge in [0, 0.05) is 16.0 Å². The Hall–Kier alpha value is -3.29. The van der Waals surface area contributed by atoms with Crippen molar-refractivity contribution in [2.75, 3.05) is 24.4 Å². The summed E-state index contributed by atoms with van der Waals surface area (Å²) in [6, 6.07) is 14.0. The molecule has 0 spiro atoms. The first kappa shape index (κ1) is 21.0. The van der Waals surface area contributed by atoms with Gasteiger partial charge in [0.1, 0.15) is 17.2 Å². The molecule has 2 heterocycles. The minimum Gasteiger partial charge on any atom is -0.497 e. The number of anilines is 2. The summed E-state index contributed by atoms with van der Waals surface area (Å²) in [6.45, 7) is 1.78. The topological polar surface area (TPSA) is 67.9 Å². The van der Waals surface area contributed by atoms with Crippen molar-refractivity contribution >= 4 is 51.7 Å². The first-order chi connectivity index (χ1) is 15.0. The highest BCUT2D eigenvalue weighted by Crippen LogP contribution is 2.39. The Morgan fingerprint density at radius 3 is 2.48 bits per heavy atom. The third-order valence-corrected chi connectivity index (χ3v) is 6.29. The molecule has 3 aromatic rings. The number of benzene rings is 2. The first-order valence-corrected chi connectivity index (χ1v) is 10.6. The number of ether oxygens (including phenoxy) is 2. The zero-order valence-corrected chi connectivity index (χ0v) is 18.6. The lowest BCUT2D eigenvalue weighted by Crippen LogP contribution is -2.33. The number of imide groups is 1. The van der Waals surface area contributed by atoms with Crippen molar-refractivity contribution in [2.45, 2.75) is 6.92 Å². The van der Waals surface area contributed by atoms with E-state index < -0.39 is 11.8 Å². The molecule has 0 fully saturated rings. The van der Waals surface area contributed by atoms with Crippen molar-refractivity contribution in [3.63, 3.8) is 0 Å². The van der Waals surface area contributed by atoms with Gasteiger partial charge in [-0.25, -0.2) is 4.90 Å². The number of carbonyl (C=O) groups is 2. The monoisotopic (exact) mass is 454 g/mol. The van der Waals surface area contributed by atoms with Crippen molar-refractivity contribution in [3.05, 3.63) is 75.1 Å². The Morgan fingerprint density at radius 2 is 1.81 bits per heavy atom. The molecule has 31 heavy (non-hydrogen) atoms. The van der Waals surface area contributed by atoms with Crippen molar-refractivity contribution in [1.29, 1.82) is 0 Å². The SMILES string of the molecule is COc1ccc(OC)c(NC2=C(c3cccs3)C(=O)N(c3cccc(Cl)c3C)C2=O)c1. The van der Waals surface area contributed by atoms with Gasteiger partial charge in [0.05, 0.1) is 31.2 Å². The van der Waals surface area contributed by atoms with Crippen LogP contribution in [0.5, 0.6) is 11.5 Å². The fraction of sp³-hybridized carbons (Fsp3) is 0.130. The zero-order valence-electron chi connectivity index (χ0n) is 17.1. The summed E-state index contributed by atoms with van der Waals surface area (Å²) >= 11 is 7.64. The summed E-state index contributed by atoms with van der Waals surface area (Å²) in [7, 11) is 3.08. The Balaban J connectivity index is 1.85. The van der Waals surface area contributed by atoms with Crippen LogP contribution in [0.25, 0.3) is 5.57 Å². The van der Waals surface area contributed by atoms with Crippen LogP contribution in [0.2, 0.25) is 5.02 Å². The van der Waals surface area contributed by atoms with Crippen LogP contribution in [0.3, 0.4) is 0 Å². The van der Waals surface area contributed by atoms with Crippen molar-refractivity contribution in [1.82, 2.24) is 0 Å². The normalized spacial score (nSPS) is 13.7. The number of nitrogens with one attached hydrogen (secondary N) is 1.